The minimum atomic E-state index is -0.0620. The summed E-state index contributed by atoms with van der Waals surface area (Å²) in [5, 5.41) is 3.13. The van der Waals surface area contributed by atoms with Crippen LogP contribution in [0.15, 0.2) is 48.7 Å². The highest BCUT2D eigenvalue weighted by Crippen LogP contribution is 2.18. The van der Waals surface area contributed by atoms with Gasteiger partial charge in [-0.3, -0.25) is 9.69 Å². The first kappa shape index (κ1) is 15.8. The maximum absolute atomic E-state index is 12.1. The Morgan fingerprint density at radius 3 is 2.52 bits per heavy atom. The second-order valence-electron chi connectivity index (χ2n) is 5.49. The molecule has 1 saturated heterocycles. The van der Waals surface area contributed by atoms with E-state index in [0.717, 1.165) is 26.2 Å². The number of piperazine rings is 1. The fourth-order valence-electron chi connectivity index (χ4n) is 2.68. The van der Waals surface area contributed by atoms with Crippen LogP contribution in [-0.2, 0) is 4.79 Å². The molecule has 1 aromatic heterocycles. The van der Waals surface area contributed by atoms with E-state index in [1.54, 1.807) is 18.3 Å². The van der Waals surface area contributed by atoms with Crippen molar-refractivity contribution in [2.24, 2.45) is 0 Å². The van der Waals surface area contributed by atoms with Crippen molar-refractivity contribution in [1.29, 1.82) is 0 Å². The van der Waals surface area contributed by atoms with Crippen LogP contribution in [0.3, 0.4) is 0 Å². The Labute approximate surface area is 140 Å². The Balaban J connectivity index is 1.49. The number of benzene rings is 1. The van der Waals surface area contributed by atoms with E-state index in [4.69, 9.17) is 11.6 Å². The average molecular weight is 331 g/mol. The molecule has 2 aromatic rings. The molecule has 1 fully saturated rings. The molecule has 0 aliphatic carbocycles. The first-order valence-electron chi connectivity index (χ1n) is 7.65. The molecule has 0 atom stereocenters. The van der Waals surface area contributed by atoms with E-state index >= 15 is 0 Å². The number of anilines is 2. The van der Waals surface area contributed by atoms with Crippen LogP contribution < -0.4 is 10.2 Å². The number of hydrogen-bond acceptors (Lipinski definition) is 4. The summed E-state index contributed by atoms with van der Waals surface area (Å²) in [5.74, 6) is -0.0620. The smallest absolute Gasteiger partial charge is 0.238 e. The molecular weight excluding hydrogens is 312 g/mol. The molecule has 120 valence electrons. The lowest BCUT2D eigenvalue weighted by atomic mass is 10.2. The molecule has 0 radical (unpaired) electrons. The van der Waals surface area contributed by atoms with Crippen molar-refractivity contribution in [3.05, 3.63) is 53.8 Å². The third-order valence-electron chi connectivity index (χ3n) is 3.89. The second kappa shape index (κ2) is 7.44. The number of amides is 1. The zero-order chi connectivity index (χ0) is 16.1. The number of halogens is 1. The van der Waals surface area contributed by atoms with Gasteiger partial charge in [0, 0.05) is 38.1 Å². The predicted molar refractivity (Wildman–Crippen MR) is 93.0 cm³/mol. The Hall–Kier alpha value is -2.11. The maximum Gasteiger partial charge on any atom is 0.238 e. The first-order chi connectivity index (χ1) is 11.2. The lowest BCUT2D eigenvalue weighted by Gasteiger charge is -2.35. The largest absolute Gasteiger partial charge is 0.369 e. The molecule has 1 aliphatic heterocycles. The Bertz CT molecular complexity index is 657. The number of hydrogen-bond donors (Lipinski definition) is 1. The van der Waals surface area contributed by atoms with E-state index < -0.39 is 0 Å². The summed E-state index contributed by atoms with van der Waals surface area (Å²) in [6, 6.07) is 13.9. The number of para-hydroxylation sites is 1. The number of carbonyl (C=O) groups excluding carboxylic acids is 1. The minimum Gasteiger partial charge on any atom is -0.369 e. The number of pyridine rings is 1. The van der Waals surface area contributed by atoms with E-state index in [1.807, 2.05) is 18.2 Å². The molecule has 6 heteroatoms. The van der Waals surface area contributed by atoms with Crippen molar-refractivity contribution in [2.45, 2.75) is 0 Å². The van der Waals surface area contributed by atoms with Gasteiger partial charge in [0.05, 0.1) is 12.2 Å². The third-order valence-corrected chi connectivity index (χ3v) is 4.20. The summed E-state index contributed by atoms with van der Waals surface area (Å²) >= 11 is 5.95. The summed E-state index contributed by atoms with van der Waals surface area (Å²) in [7, 11) is 0. The molecule has 0 spiro atoms. The van der Waals surface area contributed by atoms with Gasteiger partial charge in [0.25, 0.3) is 0 Å². The summed E-state index contributed by atoms with van der Waals surface area (Å²) in [5.41, 5.74) is 1.79. The Morgan fingerprint density at radius 1 is 1.09 bits per heavy atom. The van der Waals surface area contributed by atoms with Gasteiger partial charge in [0.1, 0.15) is 0 Å². The van der Waals surface area contributed by atoms with Crippen molar-refractivity contribution in [1.82, 2.24) is 9.88 Å². The maximum atomic E-state index is 12.1. The van der Waals surface area contributed by atoms with E-state index in [-0.39, 0.29) is 5.91 Å². The van der Waals surface area contributed by atoms with Gasteiger partial charge in [-0.25, -0.2) is 4.98 Å². The molecule has 1 aliphatic rings. The third kappa shape index (κ3) is 4.21. The van der Waals surface area contributed by atoms with Crippen molar-refractivity contribution < 1.29 is 4.79 Å². The highest BCUT2D eigenvalue weighted by atomic mass is 35.5. The van der Waals surface area contributed by atoms with Crippen LogP contribution in [0.1, 0.15) is 0 Å². The van der Waals surface area contributed by atoms with Crippen LogP contribution >= 0.6 is 11.6 Å². The molecule has 2 heterocycles. The summed E-state index contributed by atoms with van der Waals surface area (Å²) in [4.78, 5) is 20.6. The first-order valence-corrected chi connectivity index (χ1v) is 8.03. The van der Waals surface area contributed by atoms with Gasteiger partial charge in [-0.1, -0.05) is 29.8 Å². The van der Waals surface area contributed by atoms with Crippen LogP contribution in [0.4, 0.5) is 11.4 Å². The quantitative estimate of drug-likeness (QED) is 0.875. The number of carbonyl (C=O) groups is 1. The van der Waals surface area contributed by atoms with E-state index in [1.165, 1.54) is 5.69 Å². The standard InChI is InChI=1S/C17H19ClN4O/c18-17-15(7-4-8-19-17)20-16(23)13-21-9-11-22(12-10-21)14-5-2-1-3-6-14/h1-8H,9-13H2,(H,20,23). The highest BCUT2D eigenvalue weighted by molar-refractivity contribution is 6.32. The molecule has 1 aromatic carbocycles. The molecule has 23 heavy (non-hydrogen) atoms. The second-order valence-corrected chi connectivity index (χ2v) is 5.85. The number of nitrogens with one attached hydrogen (secondary N) is 1. The van der Waals surface area contributed by atoms with Gasteiger partial charge in [0.2, 0.25) is 5.91 Å². The number of nitrogens with zero attached hydrogens (tertiary/aromatic N) is 3. The van der Waals surface area contributed by atoms with Crippen molar-refractivity contribution in [3.8, 4) is 0 Å². The van der Waals surface area contributed by atoms with Crippen LogP contribution in [0, 0.1) is 0 Å². The van der Waals surface area contributed by atoms with Gasteiger partial charge in [-0.15, -0.1) is 0 Å². The molecule has 1 N–H and O–H groups in total. The van der Waals surface area contributed by atoms with E-state index in [9.17, 15) is 4.79 Å². The average Bonchev–Trinajstić information content (AvgIpc) is 2.58. The molecule has 0 unspecified atom stereocenters. The van der Waals surface area contributed by atoms with Gasteiger partial charge in [-0.2, -0.15) is 0 Å². The van der Waals surface area contributed by atoms with Crippen LogP contribution in [0.5, 0.6) is 0 Å². The number of rotatable bonds is 4. The summed E-state index contributed by atoms with van der Waals surface area (Å²) in [6.45, 7) is 3.94. The van der Waals surface area contributed by atoms with Gasteiger partial charge in [-0.05, 0) is 24.3 Å². The fourth-order valence-corrected chi connectivity index (χ4v) is 2.84. The Kier molecular flexibility index (Phi) is 5.10. The molecule has 5 nitrogen and oxygen atoms in total. The zero-order valence-corrected chi connectivity index (χ0v) is 13.5. The van der Waals surface area contributed by atoms with Gasteiger partial charge < -0.3 is 10.2 Å². The summed E-state index contributed by atoms with van der Waals surface area (Å²) in [6.07, 6.45) is 1.60. The van der Waals surface area contributed by atoms with Crippen molar-refractivity contribution >= 4 is 28.9 Å². The fraction of sp³-hybridized carbons (Fsp3) is 0.294. The monoisotopic (exact) mass is 330 g/mol. The minimum absolute atomic E-state index is 0.0620. The lowest BCUT2D eigenvalue weighted by Crippen LogP contribution is -2.48. The van der Waals surface area contributed by atoms with Crippen molar-refractivity contribution in [3.63, 3.8) is 0 Å². The molecule has 0 bridgehead atoms. The Morgan fingerprint density at radius 2 is 1.83 bits per heavy atom. The molecular formula is C17H19ClN4O. The predicted octanol–water partition coefficient (Wildman–Crippen LogP) is 2.50. The molecule has 3 rings (SSSR count). The van der Waals surface area contributed by atoms with Gasteiger partial charge >= 0.3 is 0 Å². The van der Waals surface area contributed by atoms with Crippen LogP contribution in [0.2, 0.25) is 5.15 Å². The summed E-state index contributed by atoms with van der Waals surface area (Å²) < 4.78 is 0. The van der Waals surface area contributed by atoms with Crippen molar-refractivity contribution in [2.75, 3.05) is 42.9 Å². The highest BCUT2D eigenvalue weighted by Gasteiger charge is 2.19. The lowest BCUT2D eigenvalue weighted by molar-refractivity contribution is -0.117. The van der Waals surface area contributed by atoms with Crippen LogP contribution in [0.25, 0.3) is 0 Å². The SMILES string of the molecule is O=C(CN1CCN(c2ccccc2)CC1)Nc1cccnc1Cl. The molecule has 0 saturated carbocycles. The number of aromatic nitrogens is 1. The zero-order valence-electron chi connectivity index (χ0n) is 12.8. The van der Waals surface area contributed by atoms with Crippen LogP contribution in [-0.4, -0.2) is 48.5 Å². The topological polar surface area (TPSA) is 48.5 Å². The van der Waals surface area contributed by atoms with E-state index in [0.29, 0.717) is 17.4 Å². The normalized spacial score (nSPS) is 15.4. The molecule has 1 amide bonds. The van der Waals surface area contributed by atoms with Gasteiger partial charge in [0.15, 0.2) is 5.15 Å². The van der Waals surface area contributed by atoms with E-state index in [2.05, 4.69) is 32.2 Å².